The van der Waals surface area contributed by atoms with Crippen LogP contribution in [0.15, 0.2) is 218 Å². The monoisotopic (exact) mass is 792 g/mol. The third-order valence-electron chi connectivity index (χ3n) is 12.5. The van der Waals surface area contributed by atoms with E-state index in [1.54, 1.807) is 0 Å². The number of nitrogens with zero attached hydrogens (tertiary/aromatic N) is 4. The minimum absolute atomic E-state index is 0.486. The van der Waals surface area contributed by atoms with Crippen molar-refractivity contribution in [3.05, 3.63) is 235 Å². The lowest BCUT2D eigenvalue weighted by Crippen LogP contribution is -2.15. The molecule has 0 radical (unpaired) electrons. The molecule has 0 bridgehead atoms. The van der Waals surface area contributed by atoms with Gasteiger partial charge in [0.15, 0.2) is 17.5 Å². The molecular formula is C58H40N4. The molecule has 1 saturated carbocycles. The van der Waals surface area contributed by atoms with Gasteiger partial charge in [0.1, 0.15) is 0 Å². The molecule has 9 aromatic rings. The molecule has 62 heavy (non-hydrogen) atoms. The minimum atomic E-state index is 0.486. The van der Waals surface area contributed by atoms with Crippen LogP contribution in [0.5, 0.6) is 0 Å². The Hall–Kier alpha value is -7.95. The van der Waals surface area contributed by atoms with E-state index in [1.165, 1.54) is 62.1 Å². The van der Waals surface area contributed by atoms with Crippen LogP contribution >= 0.6 is 0 Å². The number of hydrogen-bond donors (Lipinski definition) is 0. The van der Waals surface area contributed by atoms with E-state index in [0.29, 0.717) is 29.3 Å². The van der Waals surface area contributed by atoms with Crippen molar-refractivity contribution in [2.75, 3.05) is 4.90 Å². The summed E-state index contributed by atoms with van der Waals surface area (Å²) in [6.07, 6.45) is 3.68. The number of aromatic nitrogens is 3. The molecule has 1 fully saturated rings. The summed E-state index contributed by atoms with van der Waals surface area (Å²) in [6.45, 7) is 0. The molecule has 0 amide bonds. The van der Waals surface area contributed by atoms with Gasteiger partial charge in [-0.1, -0.05) is 182 Å². The average molecular weight is 793 g/mol. The van der Waals surface area contributed by atoms with Gasteiger partial charge < -0.3 is 4.90 Å². The Labute approximate surface area is 361 Å². The predicted octanol–water partition coefficient (Wildman–Crippen LogP) is 14.6. The lowest BCUT2D eigenvalue weighted by molar-refractivity contribution is 0.999. The standard InChI is InChI=1S/C58H40N4/c1-5-16-38(17-6-1)43-24-13-26-47(34-43)62(48-27-14-25-44(35-48)39-18-7-2-8-19-39)46-32-30-40(31-33-46)53-51-36-45(51)37-52-49-28-15-29-50(54(49)55(52)53)58-60-56(41-20-9-3-10-21-41)59-57(61-58)42-22-11-4-12-23-42/h1-35,37,45,51H,36H2. The number of hydrogen-bond acceptors (Lipinski definition) is 4. The Morgan fingerprint density at radius 2 is 0.839 bits per heavy atom. The van der Waals surface area contributed by atoms with Crippen molar-refractivity contribution in [3.63, 3.8) is 0 Å². The maximum absolute atomic E-state index is 5.17. The maximum atomic E-state index is 5.17. The van der Waals surface area contributed by atoms with Crippen LogP contribution in [0.3, 0.4) is 0 Å². The fourth-order valence-electron chi connectivity index (χ4n) is 9.46. The van der Waals surface area contributed by atoms with E-state index in [2.05, 4.69) is 187 Å². The van der Waals surface area contributed by atoms with E-state index < -0.39 is 0 Å². The Balaban J connectivity index is 0.976. The summed E-state index contributed by atoms with van der Waals surface area (Å²) in [5.74, 6) is 3.08. The van der Waals surface area contributed by atoms with Gasteiger partial charge in [-0.2, -0.15) is 0 Å². The lowest BCUT2D eigenvalue weighted by atomic mass is 9.68. The Morgan fingerprint density at radius 3 is 1.39 bits per heavy atom. The van der Waals surface area contributed by atoms with Crippen LogP contribution in [0.4, 0.5) is 17.1 Å². The van der Waals surface area contributed by atoms with Gasteiger partial charge in [0.05, 0.1) is 0 Å². The molecule has 0 aliphatic heterocycles. The second kappa shape index (κ2) is 14.9. The van der Waals surface area contributed by atoms with E-state index >= 15 is 0 Å². The molecular weight excluding hydrogens is 753 g/mol. The van der Waals surface area contributed by atoms with Crippen molar-refractivity contribution in [2.24, 2.45) is 11.8 Å². The van der Waals surface area contributed by atoms with Gasteiger partial charge in [-0.3, -0.25) is 0 Å². The molecule has 0 saturated heterocycles. The molecule has 1 heterocycles. The minimum Gasteiger partial charge on any atom is -0.310 e. The number of rotatable bonds is 9. The Morgan fingerprint density at radius 1 is 0.371 bits per heavy atom. The van der Waals surface area contributed by atoms with E-state index in [9.17, 15) is 0 Å². The Kier molecular flexibility index (Phi) is 8.67. The highest BCUT2D eigenvalue weighted by Crippen LogP contribution is 2.64. The van der Waals surface area contributed by atoms with Crippen LogP contribution < -0.4 is 4.90 Å². The molecule has 1 aromatic heterocycles. The predicted molar refractivity (Wildman–Crippen MR) is 255 cm³/mol. The van der Waals surface area contributed by atoms with Crippen LogP contribution in [0.1, 0.15) is 23.1 Å². The second-order valence-electron chi connectivity index (χ2n) is 16.4. The van der Waals surface area contributed by atoms with Crippen molar-refractivity contribution in [3.8, 4) is 56.4 Å². The summed E-state index contributed by atoms with van der Waals surface area (Å²) in [4.78, 5) is 17.7. The zero-order valence-electron chi connectivity index (χ0n) is 33.9. The third-order valence-corrected chi connectivity index (χ3v) is 12.5. The van der Waals surface area contributed by atoms with Gasteiger partial charge in [0.2, 0.25) is 0 Å². The van der Waals surface area contributed by atoms with E-state index in [0.717, 1.165) is 33.8 Å². The fourth-order valence-corrected chi connectivity index (χ4v) is 9.46. The summed E-state index contributed by atoms with van der Waals surface area (Å²) in [5, 5.41) is 0. The zero-order chi connectivity index (χ0) is 41.0. The van der Waals surface area contributed by atoms with Gasteiger partial charge >= 0.3 is 0 Å². The molecule has 12 rings (SSSR count). The molecule has 2 unspecified atom stereocenters. The number of anilines is 3. The van der Waals surface area contributed by atoms with Crippen LogP contribution in [0.25, 0.3) is 73.1 Å². The van der Waals surface area contributed by atoms with Crippen molar-refractivity contribution in [1.29, 1.82) is 0 Å². The number of benzene rings is 8. The van der Waals surface area contributed by atoms with Crippen molar-refractivity contribution in [2.45, 2.75) is 6.42 Å². The number of fused-ring (bicyclic) bond motifs is 5. The van der Waals surface area contributed by atoms with Crippen LogP contribution in [-0.2, 0) is 0 Å². The van der Waals surface area contributed by atoms with Crippen LogP contribution in [-0.4, -0.2) is 15.0 Å². The van der Waals surface area contributed by atoms with Crippen LogP contribution in [0.2, 0.25) is 0 Å². The van der Waals surface area contributed by atoms with Gasteiger partial charge in [-0.15, -0.1) is 0 Å². The molecule has 3 aliphatic carbocycles. The highest BCUT2D eigenvalue weighted by Gasteiger charge is 2.48. The summed E-state index contributed by atoms with van der Waals surface area (Å²) >= 11 is 0. The first-order chi connectivity index (χ1) is 30.7. The first-order valence-corrected chi connectivity index (χ1v) is 21.4. The molecule has 4 nitrogen and oxygen atoms in total. The molecule has 4 heteroatoms. The van der Waals surface area contributed by atoms with Gasteiger partial charge in [0.25, 0.3) is 0 Å². The molecule has 0 spiro atoms. The largest absolute Gasteiger partial charge is 0.310 e. The van der Waals surface area contributed by atoms with Crippen LogP contribution in [0, 0.1) is 11.8 Å². The molecule has 3 aliphatic rings. The van der Waals surface area contributed by atoms with Crippen molar-refractivity contribution < 1.29 is 0 Å². The average Bonchev–Trinajstić information content (AvgIpc) is 4.14. The molecule has 0 N–H and O–H groups in total. The van der Waals surface area contributed by atoms with Gasteiger partial charge in [0, 0.05) is 39.3 Å². The summed E-state index contributed by atoms with van der Waals surface area (Å²) in [6, 6.07) is 75.4. The summed E-state index contributed by atoms with van der Waals surface area (Å²) < 4.78 is 0. The lowest BCUT2D eigenvalue weighted by Gasteiger charge is -2.35. The molecule has 8 aromatic carbocycles. The van der Waals surface area contributed by atoms with E-state index in [-0.39, 0.29) is 0 Å². The fraction of sp³-hybridized carbons (Fsp3) is 0.0517. The highest BCUT2D eigenvalue weighted by atomic mass is 15.1. The Bertz CT molecular complexity index is 3050. The SMILES string of the molecule is C1=C2C(=C(c3ccc(N(c4cccc(-c5ccccc5)c4)c4cccc(-c5ccccc5)c4)cc3)C3CC13)c1c2cccc1-c1nc(-c2ccccc2)nc(-c2ccccc2)n1. The number of allylic oxidation sites excluding steroid dienone is 4. The van der Waals surface area contributed by atoms with Gasteiger partial charge in [-0.25, -0.2) is 15.0 Å². The summed E-state index contributed by atoms with van der Waals surface area (Å²) in [5.41, 5.74) is 19.0. The molecule has 292 valence electrons. The van der Waals surface area contributed by atoms with E-state index in [1.807, 2.05) is 36.4 Å². The third kappa shape index (κ3) is 6.36. The summed E-state index contributed by atoms with van der Waals surface area (Å²) in [7, 11) is 0. The quantitative estimate of drug-likeness (QED) is 0.146. The molecule has 2 atom stereocenters. The van der Waals surface area contributed by atoms with E-state index in [4.69, 9.17) is 15.0 Å². The second-order valence-corrected chi connectivity index (χ2v) is 16.4. The maximum Gasteiger partial charge on any atom is 0.164 e. The van der Waals surface area contributed by atoms with Gasteiger partial charge in [-0.05, 0) is 105 Å². The zero-order valence-corrected chi connectivity index (χ0v) is 33.9. The first-order valence-electron chi connectivity index (χ1n) is 21.4. The smallest absolute Gasteiger partial charge is 0.164 e. The van der Waals surface area contributed by atoms with Crippen molar-refractivity contribution in [1.82, 2.24) is 15.0 Å². The normalized spacial score (nSPS) is 15.7. The topological polar surface area (TPSA) is 41.9 Å². The van der Waals surface area contributed by atoms with Crippen molar-refractivity contribution >= 4 is 33.8 Å². The highest BCUT2D eigenvalue weighted by molar-refractivity contribution is 6.28. The first kappa shape index (κ1) is 35.9.